The third kappa shape index (κ3) is 2.25. The fourth-order valence-electron chi connectivity index (χ4n) is 1.24. The lowest BCUT2D eigenvalue weighted by atomic mass is 10.2. The molecule has 8 heteroatoms. The number of hydrogen-bond donors (Lipinski definition) is 3. The molecule has 18 heavy (non-hydrogen) atoms. The van der Waals surface area contributed by atoms with Crippen LogP contribution in [-0.4, -0.2) is 21.1 Å². The highest BCUT2D eigenvalue weighted by Crippen LogP contribution is 2.15. The van der Waals surface area contributed by atoms with Crippen LogP contribution in [0.3, 0.4) is 0 Å². The topological polar surface area (TPSA) is 120 Å². The second-order valence-electron chi connectivity index (χ2n) is 3.30. The number of carbonyl (C=O) groups is 1. The van der Waals surface area contributed by atoms with Crippen molar-refractivity contribution in [3.05, 3.63) is 35.4 Å². The Labute approximate surface area is 100 Å². The summed E-state index contributed by atoms with van der Waals surface area (Å²) in [7, 11) is 0. The summed E-state index contributed by atoms with van der Waals surface area (Å²) < 4.78 is 13.5. The molecule has 0 radical (unpaired) electrons. The first-order valence-corrected chi connectivity index (χ1v) is 4.79. The number of nitrogen functional groups attached to an aromatic ring is 1. The lowest BCUT2D eigenvalue weighted by Crippen LogP contribution is -2.14. The summed E-state index contributed by atoms with van der Waals surface area (Å²) >= 11 is 0. The van der Waals surface area contributed by atoms with E-state index in [9.17, 15) is 9.18 Å². The third-order valence-corrected chi connectivity index (χ3v) is 2.06. The van der Waals surface area contributed by atoms with Gasteiger partial charge in [0.15, 0.2) is 0 Å². The van der Waals surface area contributed by atoms with E-state index in [1.807, 2.05) is 0 Å². The van der Waals surface area contributed by atoms with Crippen LogP contribution in [0.2, 0.25) is 0 Å². The van der Waals surface area contributed by atoms with Gasteiger partial charge in [-0.15, -0.1) is 5.10 Å². The maximum atomic E-state index is 13.5. The number of nitrogens with zero attached hydrogens (tertiary/aromatic N) is 3. The normalized spacial score (nSPS) is 9.78. The molecule has 0 unspecified atom stereocenters. The molecule has 0 aliphatic heterocycles. The number of amides is 1. The number of anilines is 2. The number of nitriles is 1. The minimum Gasteiger partial charge on any atom is -0.366 e. The largest absolute Gasteiger partial charge is 0.366 e. The zero-order valence-corrected chi connectivity index (χ0v) is 8.94. The predicted molar refractivity (Wildman–Crippen MR) is 59.9 cm³/mol. The molecule has 2 rings (SSSR count). The first-order valence-electron chi connectivity index (χ1n) is 4.79. The highest BCUT2D eigenvalue weighted by molar-refractivity contribution is 6.01. The number of rotatable bonds is 2. The number of aromatic amines is 1. The fraction of sp³-hybridized carbons (Fsp3) is 0. The maximum Gasteiger partial charge on any atom is 0.293 e. The average molecular weight is 246 g/mol. The molecule has 1 aromatic heterocycles. The van der Waals surface area contributed by atoms with Crippen molar-refractivity contribution in [3.63, 3.8) is 0 Å². The summed E-state index contributed by atoms with van der Waals surface area (Å²) in [6, 6.07) is 5.47. The third-order valence-electron chi connectivity index (χ3n) is 2.06. The number of nitrogens with one attached hydrogen (secondary N) is 2. The van der Waals surface area contributed by atoms with Crippen LogP contribution in [0.5, 0.6) is 0 Å². The van der Waals surface area contributed by atoms with Crippen molar-refractivity contribution in [2.45, 2.75) is 0 Å². The summed E-state index contributed by atoms with van der Waals surface area (Å²) in [5.41, 5.74) is 5.33. The van der Waals surface area contributed by atoms with Crippen LogP contribution >= 0.6 is 0 Å². The summed E-state index contributed by atoms with van der Waals surface area (Å²) in [4.78, 5) is 15.2. The second kappa shape index (κ2) is 4.50. The van der Waals surface area contributed by atoms with E-state index in [2.05, 4.69) is 20.5 Å². The zero-order valence-electron chi connectivity index (χ0n) is 8.94. The smallest absolute Gasteiger partial charge is 0.293 e. The first kappa shape index (κ1) is 11.5. The Balaban J connectivity index is 2.20. The first-order chi connectivity index (χ1) is 8.60. The number of aromatic nitrogens is 3. The van der Waals surface area contributed by atoms with Crippen molar-refractivity contribution in [3.8, 4) is 6.07 Å². The van der Waals surface area contributed by atoms with Crippen LogP contribution in [0.4, 0.5) is 16.0 Å². The van der Waals surface area contributed by atoms with Crippen LogP contribution in [0.15, 0.2) is 18.2 Å². The van der Waals surface area contributed by atoms with E-state index in [1.165, 1.54) is 12.1 Å². The van der Waals surface area contributed by atoms with E-state index in [0.29, 0.717) is 0 Å². The molecule has 0 spiro atoms. The molecule has 1 aromatic carbocycles. The molecule has 0 aliphatic rings. The van der Waals surface area contributed by atoms with Gasteiger partial charge in [-0.3, -0.25) is 9.89 Å². The highest BCUT2D eigenvalue weighted by Gasteiger charge is 2.13. The van der Waals surface area contributed by atoms with E-state index in [1.54, 1.807) is 6.07 Å². The van der Waals surface area contributed by atoms with E-state index in [4.69, 9.17) is 11.0 Å². The minimum absolute atomic E-state index is 0.0611. The molecular formula is C10H7FN6O. The van der Waals surface area contributed by atoms with Crippen molar-refractivity contribution < 1.29 is 9.18 Å². The number of halogens is 1. The van der Waals surface area contributed by atoms with Crippen molar-refractivity contribution in [2.24, 2.45) is 0 Å². The quantitative estimate of drug-likeness (QED) is 0.718. The summed E-state index contributed by atoms with van der Waals surface area (Å²) in [5.74, 6) is -1.60. The van der Waals surface area contributed by atoms with Gasteiger partial charge in [0.05, 0.1) is 17.3 Å². The molecule has 0 fully saturated rings. The Morgan fingerprint density at radius 2 is 2.33 bits per heavy atom. The summed E-state index contributed by atoms with van der Waals surface area (Å²) in [5, 5.41) is 16.6. The lowest BCUT2D eigenvalue weighted by molar-refractivity contribution is 0.101. The van der Waals surface area contributed by atoms with Gasteiger partial charge in [0.25, 0.3) is 5.91 Å². The minimum atomic E-state index is -0.713. The van der Waals surface area contributed by atoms with E-state index in [-0.39, 0.29) is 23.0 Å². The number of nitrogens with two attached hydrogens (primary N) is 1. The molecule has 0 saturated heterocycles. The van der Waals surface area contributed by atoms with Crippen LogP contribution < -0.4 is 11.1 Å². The van der Waals surface area contributed by atoms with Crippen molar-refractivity contribution >= 4 is 17.5 Å². The van der Waals surface area contributed by atoms with E-state index >= 15 is 0 Å². The van der Waals surface area contributed by atoms with Gasteiger partial charge in [-0.25, -0.2) is 4.39 Å². The van der Waals surface area contributed by atoms with E-state index < -0.39 is 11.7 Å². The molecule has 0 atom stereocenters. The fourth-order valence-corrected chi connectivity index (χ4v) is 1.24. The molecule has 4 N–H and O–H groups in total. The van der Waals surface area contributed by atoms with Crippen LogP contribution in [0.1, 0.15) is 16.2 Å². The Bertz CT molecular complexity index is 644. The molecule has 1 heterocycles. The molecule has 1 amide bonds. The number of carbonyl (C=O) groups excluding carboxylic acids is 1. The maximum absolute atomic E-state index is 13.5. The van der Waals surface area contributed by atoms with Crippen LogP contribution in [-0.2, 0) is 0 Å². The monoisotopic (exact) mass is 246 g/mol. The van der Waals surface area contributed by atoms with Gasteiger partial charge in [-0.05, 0) is 18.2 Å². The molecular weight excluding hydrogens is 239 g/mol. The Morgan fingerprint density at radius 1 is 1.56 bits per heavy atom. The van der Waals surface area contributed by atoms with Gasteiger partial charge in [-0.2, -0.15) is 10.2 Å². The Morgan fingerprint density at radius 3 is 2.89 bits per heavy atom. The van der Waals surface area contributed by atoms with Crippen molar-refractivity contribution in [1.29, 1.82) is 5.26 Å². The van der Waals surface area contributed by atoms with Gasteiger partial charge in [0, 0.05) is 0 Å². The number of hydrogen-bond acceptors (Lipinski definition) is 5. The van der Waals surface area contributed by atoms with Gasteiger partial charge in [0.1, 0.15) is 5.82 Å². The highest BCUT2D eigenvalue weighted by atomic mass is 19.1. The van der Waals surface area contributed by atoms with Crippen molar-refractivity contribution in [2.75, 3.05) is 11.1 Å². The molecule has 2 aromatic rings. The van der Waals surface area contributed by atoms with Crippen molar-refractivity contribution in [1.82, 2.24) is 15.2 Å². The summed E-state index contributed by atoms with van der Waals surface area (Å²) in [6.45, 7) is 0. The molecule has 90 valence electrons. The molecule has 0 aliphatic carbocycles. The Hall–Kier alpha value is -2.95. The SMILES string of the molecule is N#Cc1ccc(NC(=O)c2nc(N)n[nH]2)c(F)c1. The van der Waals surface area contributed by atoms with Gasteiger partial charge in [-0.1, -0.05) is 0 Å². The standard InChI is InChI=1S/C10H7FN6O/c11-6-3-5(4-12)1-2-7(6)14-9(18)8-15-10(13)17-16-8/h1-3H,(H,14,18)(H3,13,15,16,17). The summed E-state index contributed by atoms with van der Waals surface area (Å²) in [6.07, 6.45) is 0. The lowest BCUT2D eigenvalue weighted by Gasteiger charge is -2.04. The molecule has 7 nitrogen and oxygen atoms in total. The predicted octanol–water partition coefficient (Wildman–Crippen LogP) is 0.650. The van der Waals surface area contributed by atoms with Crippen LogP contribution in [0.25, 0.3) is 0 Å². The van der Waals surface area contributed by atoms with E-state index in [0.717, 1.165) is 6.07 Å². The van der Waals surface area contributed by atoms with Gasteiger partial charge < -0.3 is 11.1 Å². The zero-order chi connectivity index (χ0) is 13.1. The average Bonchev–Trinajstić information content (AvgIpc) is 2.78. The second-order valence-corrected chi connectivity index (χ2v) is 3.30. The number of H-pyrrole nitrogens is 1. The Kier molecular flexibility index (Phi) is 2.89. The van der Waals surface area contributed by atoms with Gasteiger partial charge >= 0.3 is 0 Å². The van der Waals surface area contributed by atoms with Crippen LogP contribution in [0, 0.1) is 17.1 Å². The number of benzene rings is 1. The molecule has 0 saturated carbocycles. The van der Waals surface area contributed by atoms with Gasteiger partial charge in [0.2, 0.25) is 11.8 Å². The molecule has 0 bridgehead atoms.